The summed E-state index contributed by atoms with van der Waals surface area (Å²) in [5.74, 6) is 7.97. The fourth-order valence-corrected chi connectivity index (χ4v) is 2.45. The van der Waals surface area contributed by atoms with Crippen LogP contribution in [0.1, 0.15) is 11.1 Å². The van der Waals surface area contributed by atoms with Gasteiger partial charge in [0.1, 0.15) is 0 Å². The van der Waals surface area contributed by atoms with Gasteiger partial charge in [0, 0.05) is 11.6 Å². The standard InChI is InChI=1S/C20H14O6/c21-20(8-5-15-4-7-17-19(11-15)26-13-24-17)22-9-1-2-14-3-6-16-18(10-14)25-12-23-16/h3-8,10-11H,9,12-13H2/b8-5+. The van der Waals surface area contributed by atoms with E-state index in [9.17, 15) is 4.79 Å². The Morgan fingerprint density at radius 1 is 0.962 bits per heavy atom. The zero-order valence-electron chi connectivity index (χ0n) is 13.7. The SMILES string of the molecule is O=C(/C=C/c1ccc2c(c1)OCO2)OCC#Cc1ccc2c(c1)OCO2. The first kappa shape index (κ1) is 15.9. The highest BCUT2D eigenvalue weighted by atomic mass is 16.7. The molecule has 0 aromatic heterocycles. The lowest BCUT2D eigenvalue weighted by Crippen LogP contribution is -2.00. The summed E-state index contributed by atoms with van der Waals surface area (Å²) in [6.45, 7) is 0.435. The van der Waals surface area contributed by atoms with E-state index in [0.29, 0.717) is 23.0 Å². The molecule has 26 heavy (non-hydrogen) atoms. The average Bonchev–Trinajstić information content (AvgIpc) is 3.31. The van der Waals surface area contributed by atoms with Crippen molar-refractivity contribution in [1.82, 2.24) is 0 Å². The second-order valence-electron chi connectivity index (χ2n) is 5.42. The molecule has 4 rings (SSSR count). The number of rotatable bonds is 3. The van der Waals surface area contributed by atoms with Crippen molar-refractivity contribution in [1.29, 1.82) is 0 Å². The summed E-state index contributed by atoms with van der Waals surface area (Å²) in [5.41, 5.74) is 1.58. The second kappa shape index (κ2) is 7.11. The summed E-state index contributed by atoms with van der Waals surface area (Å²) in [6, 6.07) is 10.8. The van der Waals surface area contributed by atoms with Crippen LogP contribution in [0.3, 0.4) is 0 Å². The highest BCUT2D eigenvalue weighted by molar-refractivity contribution is 5.87. The molecule has 130 valence electrons. The van der Waals surface area contributed by atoms with E-state index < -0.39 is 5.97 Å². The maximum Gasteiger partial charge on any atom is 0.331 e. The van der Waals surface area contributed by atoms with Crippen LogP contribution < -0.4 is 18.9 Å². The lowest BCUT2D eigenvalue weighted by atomic mass is 10.2. The fourth-order valence-electron chi connectivity index (χ4n) is 2.45. The Hall–Kier alpha value is -3.59. The van der Waals surface area contributed by atoms with E-state index in [1.807, 2.05) is 12.1 Å². The average molecular weight is 350 g/mol. The third kappa shape index (κ3) is 3.57. The Bertz CT molecular complexity index is 935. The van der Waals surface area contributed by atoms with Gasteiger partial charge in [0.2, 0.25) is 13.6 Å². The van der Waals surface area contributed by atoms with E-state index in [1.165, 1.54) is 6.08 Å². The maximum absolute atomic E-state index is 11.7. The molecule has 0 saturated heterocycles. The molecular weight excluding hydrogens is 336 g/mol. The minimum absolute atomic E-state index is 0.00124. The third-order valence-electron chi connectivity index (χ3n) is 3.70. The first-order valence-electron chi connectivity index (χ1n) is 7.91. The molecule has 2 aromatic carbocycles. The highest BCUT2D eigenvalue weighted by Gasteiger charge is 2.13. The van der Waals surface area contributed by atoms with Crippen LogP contribution in [0, 0.1) is 11.8 Å². The second-order valence-corrected chi connectivity index (χ2v) is 5.42. The number of benzene rings is 2. The molecule has 2 aromatic rings. The molecule has 6 nitrogen and oxygen atoms in total. The number of hydrogen-bond donors (Lipinski definition) is 0. The molecular formula is C20H14O6. The van der Waals surface area contributed by atoms with Gasteiger partial charge in [0.05, 0.1) is 0 Å². The Balaban J connectivity index is 1.29. The zero-order valence-corrected chi connectivity index (χ0v) is 13.7. The van der Waals surface area contributed by atoms with Gasteiger partial charge in [0.15, 0.2) is 29.6 Å². The predicted molar refractivity (Wildman–Crippen MR) is 92.0 cm³/mol. The first-order valence-corrected chi connectivity index (χ1v) is 7.91. The van der Waals surface area contributed by atoms with Gasteiger partial charge in [-0.2, -0.15) is 0 Å². The van der Waals surface area contributed by atoms with Crippen LogP contribution in [0.2, 0.25) is 0 Å². The number of hydrogen-bond acceptors (Lipinski definition) is 6. The maximum atomic E-state index is 11.7. The third-order valence-corrected chi connectivity index (χ3v) is 3.70. The molecule has 0 aliphatic carbocycles. The van der Waals surface area contributed by atoms with Gasteiger partial charge in [-0.25, -0.2) is 4.79 Å². The molecule has 0 unspecified atom stereocenters. The Kier molecular flexibility index (Phi) is 4.35. The number of carbonyl (C=O) groups excluding carboxylic acids is 1. The van der Waals surface area contributed by atoms with Crippen molar-refractivity contribution < 1.29 is 28.5 Å². The van der Waals surface area contributed by atoms with Crippen LogP contribution in [0.15, 0.2) is 42.5 Å². The predicted octanol–water partition coefficient (Wildman–Crippen LogP) is 2.75. The first-order chi connectivity index (χ1) is 12.8. The normalized spacial score (nSPS) is 13.4. The van der Waals surface area contributed by atoms with E-state index in [0.717, 1.165) is 11.1 Å². The molecule has 2 heterocycles. The quantitative estimate of drug-likeness (QED) is 0.482. The van der Waals surface area contributed by atoms with Gasteiger partial charge in [-0.3, -0.25) is 0 Å². The summed E-state index contributed by atoms with van der Waals surface area (Å²) in [5, 5.41) is 0. The van der Waals surface area contributed by atoms with Gasteiger partial charge < -0.3 is 23.7 Å². The summed E-state index contributed by atoms with van der Waals surface area (Å²) in [4.78, 5) is 11.7. The summed E-state index contributed by atoms with van der Waals surface area (Å²) in [6.07, 6.45) is 3.00. The zero-order chi connectivity index (χ0) is 17.8. The minimum atomic E-state index is -0.470. The molecule has 0 radical (unpaired) electrons. The van der Waals surface area contributed by atoms with Crippen molar-refractivity contribution >= 4 is 12.0 Å². The van der Waals surface area contributed by atoms with E-state index in [1.54, 1.807) is 30.3 Å². The molecule has 0 amide bonds. The van der Waals surface area contributed by atoms with Gasteiger partial charge in [-0.05, 0) is 42.0 Å². The topological polar surface area (TPSA) is 63.2 Å². The molecule has 0 spiro atoms. The van der Waals surface area contributed by atoms with Crippen molar-refractivity contribution in [3.8, 4) is 34.8 Å². The monoisotopic (exact) mass is 350 g/mol. The van der Waals surface area contributed by atoms with E-state index in [4.69, 9.17) is 23.7 Å². The number of fused-ring (bicyclic) bond motifs is 2. The van der Waals surface area contributed by atoms with Gasteiger partial charge in [-0.1, -0.05) is 17.9 Å². The summed E-state index contributed by atoms with van der Waals surface area (Å²) < 4.78 is 26.1. The van der Waals surface area contributed by atoms with Gasteiger partial charge in [0.25, 0.3) is 0 Å². The van der Waals surface area contributed by atoms with Crippen LogP contribution in [0.5, 0.6) is 23.0 Å². The Labute approximate surface area is 149 Å². The fraction of sp³-hybridized carbons (Fsp3) is 0.150. The van der Waals surface area contributed by atoms with Gasteiger partial charge in [-0.15, -0.1) is 0 Å². The number of ether oxygens (including phenoxy) is 5. The van der Waals surface area contributed by atoms with Crippen molar-refractivity contribution in [3.05, 3.63) is 53.6 Å². The molecule has 0 atom stereocenters. The molecule has 0 saturated carbocycles. The number of carbonyl (C=O) groups is 1. The Morgan fingerprint density at radius 2 is 1.65 bits per heavy atom. The summed E-state index contributed by atoms with van der Waals surface area (Å²) >= 11 is 0. The van der Waals surface area contributed by atoms with E-state index in [-0.39, 0.29) is 20.2 Å². The van der Waals surface area contributed by atoms with Crippen molar-refractivity contribution in [3.63, 3.8) is 0 Å². The van der Waals surface area contributed by atoms with Crippen LogP contribution >= 0.6 is 0 Å². The van der Waals surface area contributed by atoms with Crippen molar-refractivity contribution in [2.45, 2.75) is 0 Å². The lowest BCUT2D eigenvalue weighted by Gasteiger charge is -1.98. The summed E-state index contributed by atoms with van der Waals surface area (Å²) in [7, 11) is 0. The molecule has 2 aliphatic heterocycles. The van der Waals surface area contributed by atoms with Crippen LogP contribution in [-0.2, 0) is 9.53 Å². The minimum Gasteiger partial charge on any atom is -0.454 e. The molecule has 2 aliphatic rings. The van der Waals surface area contributed by atoms with Crippen molar-refractivity contribution in [2.24, 2.45) is 0 Å². The lowest BCUT2D eigenvalue weighted by molar-refractivity contribution is -0.136. The molecule has 0 fully saturated rings. The number of esters is 1. The molecule has 0 bridgehead atoms. The van der Waals surface area contributed by atoms with E-state index in [2.05, 4.69) is 11.8 Å². The molecule has 0 N–H and O–H groups in total. The highest BCUT2D eigenvalue weighted by Crippen LogP contribution is 2.33. The smallest absolute Gasteiger partial charge is 0.331 e. The van der Waals surface area contributed by atoms with Crippen molar-refractivity contribution in [2.75, 3.05) is 20.2 Å². The van der Waals surface area contributed by atoms with E-state index >= 15 is 0 Å². The van der Waals surface area contributed by atoms with Gasteiger partial charge >= 0.3 is 5.97 Å². The van der Waals surface area contributed by atoms with Crippen LogP contribution in [0.25, 0.3) is 6.08 Å². The largest absolute Gasteiger partial charge is 0.454 e. The van der Waals surface area contributed by atoms with Crippen LogP contribution in [0.4, 0.5) is 0 Å². The Morgan fingerprint density at radius 3 is 2.46 bits per heavy atom. The van der Waals surface area contributed by atoms with Crippen LogP contribution in [-0.4, -0.2) is 26.2 Å². The molecule has 6 heteroatoms.